The first-order chi connectivity index (χ1) is 12.7. The number of thioether (sulfide) groups is 1. The van der Waals surface area contributed by atoms with Crippen LogP contribution >= 0.6 is 11.8 Å². The molecule has 0 aliphatic rings. The summed E-state index contributed by atoms with van der Waals surface area (Å²) in [7, 11) is 0. The first-order valence-electron chi connectivity index (χ1n) is 8.10. The summed E-state index contributed by atoms with van der Waals surface area (Å²) in [6.45, 7) is 0.429. The Balaban J connectivity index is 2.58. The van der Waals surface area contributed by atoms with Crippen LogP contribution in [0.4, 0.5) is 5.69 Å². The minimum atomic E-state index is -1.22. The van der Waals surface area contributed by atoms with Gasteiger partial charge in [-0.25, -0.2) is 4.79 Å². The van der Waals surface area contributed by atoms with Crippen LogP contribution in [0.15, 0.2) is 29.3 Å². The molecule has 0 heterocycles. The third-order valence-corrected chi connectivity index (χ3v) is 4.24. The van der Waals surface area contributed by atoms with Crippen molar-refractivity contribution in [2.45, 2.75) is 31.3 Å². The number of amidine groups is 1. The second-order valence-corrected chi connectivity index (χ2v) is 6.53. The molecule has 1 rings (SSSR count). The van der Waals surface area contributed by atoms with Gasteiger partial charge in [0.15, 0.2) is 5.17 Å². The minimum Gasteiger partial charge on any atom is -0.480 e. The van der Waals surface area contributed by atoms with Gasteiger partial charge in [0.2, 0.25) is 5.91 Å². The lowest BCUT2D eigenvalue weighted by Crippen LogP contribution is -2.49. The maximum absolute atomic E-state index is 12.1. The highest BCUT2D eigenvalue weighted by molar-refractivity contribution is 8.13. The summed E-state index contributed by atoms with van der Waals surface area (Å²) in [4.78, 5) is 37.7. The molecular formula is C16H23N5O5S. The quantitative estimate of drug-likeness (QED) is 0.145. The second-order valence-electron chi connectivity index (χ2n) is 5.70. The van der Waals surface area contributed by atoms with Crippen molar-refractivity contribution < 1.29 is 19.6 Å². The van der Waals surface area contributed by atoms with Crippen molar-refractivity contribution in [2.75, 3.05) is 12.8 Å². The molecule has 0 spiro atoms. The molecule has 0 unspecified atom stereocenters. The van der Waals surface area contributed by atoms with Crippen molar-refractivity contribution in [3.05, 3.63) is 39.9 Å². The molecule has 11 heteroatoms. The number of carbonyl (C=O) groups excluding carboxylic acids is 1. The number of nitrogens with two attached hydrogens (primary N) is 2. The Labute approximate surface area is 160 Å². The van der Waals surface area contributed by atoms with Gasteiger partial charge in [-0.05, 0) is 24.7 Å². The number of aliphatic imine (C=N–C) groups is 1. The van der Waals surface area contributed by atoms with Crippen LogP contribution in [0.1, 0.15) is 18.4 Å². The average Bonchev–Trinajstić information content (AvgIpc) is 2.64. The van der Waals surface area contributed by atoms with Crippen LogP contribution in [0, 0.1) is 10.1 Å². The molecule has 0 radical (unpaired) electrons. The van der Waals surface area contributed by atoms with Gasteiger partial charge >= 0.3 is 5.97 Å². The van der Waals surface area contributed by atoms with Gasteiger partial charge in [-0.2, -0.15) is 0 Å². The van der Waals surface area contributed by atoms with Crippen LogP contribution in [0.2, 0.25) is 0 Å². The average molecular weight is 397 g/mol. The van der Waals surface area contributed by atoms with Gasteiger partial charge in [0, 0.05) is 25.1 Å². The molecule has 0 bridgehead atoms. The first-order valence-corrected chi connectivity index (χ1v) is 9.33. The van der Waals surface area contributed by atoms with Crippen LogP contribution in [-0.4, -0.2) is 52.0 Å². The lowest BCUT2D eigenvalue weighted by molar-refractivity contribution is -0.384. The van der Waals surface area contributed by atoms with E-state index in [4.69, 9.17) is 11.5 Å². The van der Waals surface area contributed by atoms with Crippen molar-refractivity contribution in [2.24, 2.45) is 16.5 Å². The van der Waals surface area contributed by atoms with Crippen molar-refractivity contribution in [3.63, 3.8) is 0 Å². The van der Waals surface area contributed by atoms with Crippen LogP contribution in [-0.2, 0) is 16.0 Å². The molecule has 148 valence electrons. The van der Waals surface area contributed by atoms with E-state index in [0.29, 0.717) is 30.1 Å². The maximum Gasteiger partial charge on any atom is 0.326 e. The Hall–Kier alpha value is -2.66. The number of carboxylic acids is 1. The summed E-state index contributed by atoms with van der Waals surface area (Å²) >= 11 is 1.32. The van der Waals surface area contributed by atoms with Gasteiger partial charge < -0.3 is 21.9 Å². The predicted octanol–water partition coefficient (Wildman–Crippen LogP) is 0.492. The number of nitro groups is 1. The minimum absolute atomic E-state index is 0.0136. The Morgan fingerprint density at radius 1 is 1.37 bits per heavy atom. The molecule has 1 aromatic rings. The number of amides is 1. The molecule has 0 aliphatic carbocycles. The van der Waals surface area contributed by atoms with Crippen molar-refractivity contribution >= 4 is 34.5 Å². The van der Waals surface area contributed by atoms with E-state index >= 15 is 0 Å². The number of aliphatic carboxylic acids is 1. The summed E-state index contributed by atoms with van der Waals surface area (Å²) in [5.41, 5.74) is 11.8. The third kappa shape index (κ3) is 8.05. The molecule has 0 saturated heterocycles. The van der Waals surface area contributed by atoms with E-state index in [1.807, 2.05) is 0 Å². The van der Waals surface area contributed by atoms with E-state index in [0.717, 1.165) is 0 Å². The van der Waals surface area contributed by atoms with Crippen LogP contribution in [0.5, 0.6) is 0 Å². The highest BCUT2D eigenvalue weighted by Crippen LogP contribution is 2.13. The molecule has 10 nitrogen and oxygen atoms in total. The van der Waals surface area contributed by atoms with E-state index in [-0.39, 0.29) is 12.1 Å². The van der Waals surface area contributed by atoms with Crippen molar-refractivity contribution in [3.8, 4) is 0 Å². The van der Waals surface area contributed by atoms with Gasteiger partial charge in [-0.3, -0.25) is 19.9 Å². The lowest BCUT2D eigenvalue weighted by atomic mass is 10.0. The fourth-order valence-electron chi connectivity index (χ4n) is 2.16. The predicted molar refractivity (Wildman–Crippen MR) is 104 cm³/mol. The number of nitro benzene ring substituents is 1. The van der Waals surface area contributed by atoms with Gasteiger partial charge in [-0.15, -0.1) is 0 Å². The van der Waals surface area contributed by atoms with Crippen LogP contribution < -0.4 is 16.8 Å². The number of carbonyl (C=O) groups is 2. The number of nitrogens with one attached hydrogen (secondary N) is 1. The second kappa shape index (κ2) is 11.1. The first kappa shape index (κ1) is 22.4. The zero-order valence-electron chi connectivity index (χ0n) is 14.8. The maximum atomic E-state index is 12.1. The topological polar surface area (TPSA) is 174 Å². The van der Waals surface area contributed by atoms with Crippen molar-refractivity contribution in [1.29, 1.82) is 0 Å². The van der Waals surface area contributed by atoms with Crippen molar-refractivity contribution in [1.82, 2.24) is 5.32 Å². The Morgan fingerprint density at radius 2 is 2.00 bits per heavy atom. The van der Waals surface area contributed by atoms with Gasteiger partial charge in [0.05, 0.1) is 11.0 Å². The zero-order valence-corrected chi connectivity index (χ0v) is 15.6. The lowest BCUT2D eigenvalue weighted by Gasteiger charge is -2.18. The summed E-state index contributed by atoms with van der Waals surface area (Å²) in [6.07, 6.45) is 2.66. The number of nitrogens with zero attached hydrogens (tertiary/aromatic N) is 2. The monoisotopic (exact) mass is 397 g/mol. The number of carboxylic acid groups (broad SMARTS) is 1. The largest absolute Gasteiger partial charge is 0.480 e. The Morgan fingerprint density at radius 3 is 2.52 bits per heavy atom. The summed E-state index contributed by atoms with van der Waals surface area (Å²) in [6, 6.07) is 3.41. The van der Waals surface area contributed by atoms with E-state index in [1.54, 1.807) is 6.26 Å². The molecule has 1 amide bonds. The number of hydrogen-bond donors (Lipinski definition) is 4. The number of rotatable bonds is 10. The zero-order chi connectivity index (χ0) is 20.4. The van der Waals surface area contributed by atoms with E-state index in [1.165, 1.54) is 36.0 Å². The van der Waals surface area contributed by atoms with E-state index < -0.39 is 28.9 Å². The highest BCUT2D eigenvalue weighted by Gasteiger charge is 2.23. The summed E-state index contributed by atoms with van der Waals surface area (Å²) in [5.74, 6) is -1.79. The number of benzene rings is 1. The summed E-state index contributed by atoms with van der Waals surface area (Å²) in [5, 5.41) is 22.8. The van der Waals surface area contributed by atoms with E-state index in [2.05, 4.69) is 10.3 Å². The van der Waals surface area contributed by atoms with Crippen LogP contribution in [0.3, 0.4) is 0 Å². The molecule has 6 N–H and O–H groups in total. The highest BCUT2D eigenvalue weighted by atomic mass is 32.2. The normalized spacial score (nSPS) is 13.6. The van der Waals surface area contributed by atoms with Gasteiger partial charge in [0.1, 0.15) is 6.04 Å². The molecule has 27 heavy (non-hydrogen) atoms. The molecule has 0 fully saturated rings. The fourth-order valence-corrected chi connectivity index (χ4v) is 2.38. The third-order valence-electron chi connectivity index (χ3n) is 3.69. The molecule has 1 aromatic carbocycles. The standard InChI is InChI=1S/C16H23N5O5S/c1-27-16(18)19-8-2-3-12(17)14(22)20-13(15(23)24)9-10-4-6-11(7-5-10)21(25)26/h4-7,12-13H,2-3,8-9,17H2,1H3,(H2,18,19)(H,20,22)(H,23,24)/t12-,13-/m0/s1. The Bertz CT molecular complexity index is 695. The number of hydrogen-bond acceptors (Lipinski definition) is 7. The SMILES string of the molecule is CSC(N)=NCCC[C@H](N)C(=O)N[C@@H](Cc1ccc([N+](=O)[O-])cc1)C(=O)O. The van der Waals surface area contributed by atoms with E-state index in [9.17, 15) is 24.8 Å². The molecule has 2 atom stereocenters. The molecule has 0 aliphatic heterocycles. The molecule has 0 saturated carbocycles. The van der Waals surface area contributed by atoms with Crippen LogP contribution in [0.25, 0.3) is 0 Å². The number of non-ortho nitro benzene ring substituents is 1. The molecular weight excluding hydrogens is 374 g/mol. The van der Waals surface area contributed by atoms with Gasteiger partial charge in [0.25, 0.3) is 5.69 Å². The van der Waals surface area contributed by atoms with Gasteiger partial charge in [-0.1, -0.05) is 23.9 Å². The summed E-state index contributed by atoms with van der Waals surface area (Å²) < 4.78 is 0. The smallest absolute Gasteiger partial charge is 0.326 e. The molecule has 0 aromatic heterocycles. The fraction of sp³-hybridized carbons (Fsp3) is 0.438. The Kier molecular flexibility index (Phi) is 9.23.